The fourth-order valence-corrected chi connectivity index (χ4v) is 2.74. The Hall–Kier alpha value is -1.97. The van der Waals surface area contributed by atoms with E-state index in [1.807, 2.05) is 33.8 Å². The number of guanidine groups is 1. The van der Waals surface area contributed by atoms with E-state index in [0.717, 1.165) is 54.8 Å². The molecule has 7 nitrogen and oxygen atoms in total. The third kappa shape index (κ3) is 8.12. The Balaban J connectivity index is 0.00000420. The minimum atomic E-state index is 0. The quantitative estimate of drug-likeness (QED) is 0.215. The summed E-state index contributed by atoms with van der Waals surface area (Å²) in [4.78, 5) is 8.91. The number of hydrogen-bond acceptors (Lipinski definition) is 5. The lowest BCUT2D eigenvalue weighted by atomic mass is 10.1. The third-order valence-corrected chi connectivity index (χ3v) is 4.25. The van der Waals surface area contributed by atoms with E-state index in [9.17, 15) is 0 Å². The van der Waals surface area contributed by atoms with E-state index in [4.69, 9.17) is 13.9 Å². The maximum Gasteiger partial charge on any atom is 0.216 e. The average molecular weight is 516 g/mol. The number of nitrogens with zero attached hydrogens (tertiary/aromatic N) is 2. The minimum absolute atomic E-state index is 0. The molecular weight excluding hydrogens is 483 g/mol. The van der Waals surface area contributed by atoms with Crippen molar-refractivity contribution in [2.24, 2.45) is 4.99 Å². The van der Waals surface area contributed by atoms with E-state index in [1.165, 1.54) is 5.56 Å². The Morgan fingerprint density at radius 1 is 1.17 bits per heavy atom. The second-order valence-corrected chi connectivity index (χ2v) is 6.39. The molecule has 0 fully saturated rings. The molecule has 8 heteroatoms. The summed E-state index contributed by atoms with van der Waals surface area (Å²) in [6.45, 7) is 10.5. The largest absolute Gasteiger partial charge is 0.493 e. The van der Waals surface area contributed by atoms with Gasteiger partial charge in [-0.3, -0.25) is 0 Å². The first-order valence-electron chi connectivity index (χ1n) is 9.82. The maximum absolute atomic E-state index is 5.64. The number of rotatable bonds is 10. The Morgan fingerprint density at radius 3 is 2.59 bits per heavy atom. The topological polar surface area (TPSA) is 80.9 Å². The lowest BCUT2D eigenvalue weighted by molar-refractivity contribution is 0.310. The smallest absolute Gasteiger partial charge is 0.216 e. The van der Waals surface area contributed by atoms with Crippen molar-refractivity contribution in [3.05, 3.63) is 41.1 Å². The Labute approximate surface area is 190 Å². The fourth-order valence-electron chi connectivity index (χ4n) is 2.74. The van der Waals surface area contributed by atoms with Crippen LogP contribution >= 0.6 is 24.0 Å². The third-order valence-electron chi connectivity index (χ3n) is 4.25. The number of benzene rings is 1. The average Bonchev–Trinajstić information content (AvgIpc) is 3.01. The number of methoxy groups -OCH3 is 1. The normalized spacial score (nSPS) is 11.0. The summed E-state index contributed by atoms with van der Waals surface area (Å²) in [5.41, 5.74) is 2.13. The number of aliphatic imine (C=N–C) groups is 1. The lowest BCUT2D eigenvalue weighted by Gasteiger charge is -2.12. The number of aromatic nitrogens is 1. The van der Waals surface area contributed by atoms with Crippen molar-refractivity contribution in [3.63, 3.8) is 0 Å². The van der Waals surface area contributed by atoms with Crippen LogP contribution < -0.4 is 20.1 Å². The number of nitrogens with one attached hydrogen (secondary N) is 2. The van der Waals surface area contributed by atoms with Gasteiger partial charge in [0.25, 0.3) is 0 Å². The van der Waals surface area contributed by atoms with Crippen molar-refractivity contribution in [2.45, 2.75) is 47.1 Å². The molecule has 0 aliphatic carbocycles. The molecule has 2 N–H and O–H groups in total. The van der Waals surface area contributed by atoms with Gasteiger partial charge in [-0.2, -0.15) is 0 Å². The van der Waals surface area contributed by atoms with Crippen LogP contribution in [0.1, 0.15) is 43.2 Å². The van der Waals surface area contributed by atoms with Crippen molar-refractivity contribution >= 4 is 29.9 Å². The molecule has 2 rings (SSSR count). The number of oxazole rings is 1. The van der Waals surface area contributed by atoms with Gasteiger partial charge < -0.3 is 24.5 Å². The van der Waals surface area contributed by atoms with E-state index in [1.54, 1.807) is 7.11 Å². The number of aryl methyl sites for hydroxylation is 3. The SMILES string of the molecule is CCNC(=NCc1nc(C)c(C)o1)NCCCc1ccc(OC)c(OCC)c1.I. The van der Waals surface area contributed by atoms with Gasteiger partial charge in [0.15, 0.2) is 17.5 Å². The highest BCUT2D eigenvalue weighted by molar-refractivity contribution is 14.0. The molecule has 0 bridgehead atoms. The van der Waals surface area contributed by atoms with Crippen LogP contribution in [0.4, 0.5) is 0 Å². The van der Waals surface area contributed by atoms with Crippen LogP contribution in [0.25, 0.3) is 0 Å². The molecule has 162 valence electrons. The predicted octanol–water partition coefficient (Wildman–Crippen LogP) is 4.00. The van der Waals surface area contributed by atoms with E-state index in [0.29, 0.717) is 19.0 Å². The highest BCUT2D eigenvalue weighted by atomic mass is 127. The van der Waals surface area contributed by atoms with E-state index in [2.05, 4.69) is 32.7 Å². The molecule has 0 saturated carbocycles. The van der Waals surface area contributed by atoms with Crippen molar-refractivity contribution in [1.29, 1.82) is 0 Å². The van der Waals surface area contributed by atoms with Gasteiger partial charge >= 0.3 is 0 Å². The van der Waals surface area contributed by atoms with Crippen LogP contribution in [0.5, 0.6) is 11.5 Å². The van der Waals surface area contributed by atoms with Crippen LogP contribution in [0, 0.1) is 13.8 Å². The second kappa shape index (κ2) is 13.3. The van der Waals surface area contributed by atoms with Gasteiger partial charge in [-0.05, 0) is 58.2 Å². The van der Waals surface area contributed by atoms with Gasteiger partial charge in [-0.1, -0.05) is 6.07 Å². The molecule has 0 amide bonds. The van der Waals surface area contributed by atoms with Gasteiger partial charge in [0.1, 0.15) is 12.3 Å². The van der Waals surface area contributed by atoms with Gasteiger partial charge in [0.2, 0.25) is 5.89 Å². The monoisotopic (exact) mass is 516 g/mol. The lowest BCUT2D eigenvalue weighted by Crippen LogP contribution is -2.37. The molecule has 29 heavy (non-hydrogen) atoms. The zero-order valence-corrected chi connectivity index (χ0v) is 20.3. The Bertz CT molecular complexity index is 758. The van der Waals surface area contributed by atoms with E-state index < -0.39 is 0 Å². The van der Waals surface area contributed by atoms with Crippen molar-refractivity contribution in [1.82, 2.24) is 15.6 Å². The zero-order valence-electron chi connectivity index (χ0n) is 18.0. The van der Waals surface area contributed by atoms with Crippen LogP contribution in [0.3, 0.4) is 0 Å². The van der Waals surface area contributed by atoms with Gasteiger partial charge in [0, 0.05) is 13.1 Å². The second-order valence-electron chi connectivity index (χ2n) is 6.39. The molecule has 0 saturated heterocycles. The highest BCUT2D eigenvalue weighted by Crippen LogP contribution is 2.28. The summed E-state index contributed by atoms with van der Waals surface area (Å²) in [6.07, 6.45) is 1.91. The molecule has 1 aromatic carbocycles. The van der Waals surface area contributed by atoms with Crippen LogP contribution in [-0.2, 0) is 13.0 Å². The molecule has 1 heterocycles. The molecule has 2 aromatic rings. The summed E-state index contributed by atoms with van der Waals surface area (Å²) in [5.74, 6) is 3.80. The van der Waals surface area contributed by atoms with Crippen LogP contribution in [-0.4, -0.2) is 37.7 Å². The molecule has 1 aromatic heterocycles. The Kier molecular flexibility index (Phi) is 11.5. The Morgan fingerprint density at radius 2 is 1.97 bits per heavy atom. The highest BCUT2D eigenvalue weighted by Gasteiger charge is 2.07. The first-order valence-corrected chi connectivity index (χ1v) is 9.82. The molecular formula is C21H33IN4O3. The fraction of sp³-hybridized carbons (Fsp3) is 0.524. The first kappa shape index (κ1) is 25.1. The van der Waals surface area contributed by atoms with Gasteiger partial charge in [0.05, 0.1) is 19.4 Å². The summed E-state index contributed by atoms with van der Waals surface area (Å²) < 4.78 is 16.6. The summed E-state index contributed by atoms with van der Waals surface area (Å²) in [5, 5.41) is 6.61. The molecule has 0 unspecified atom stereocenters. The standard InChI is InChI=1S/C21H32N4O3.HI/c1-6-22-21(24-14-20-25-15(3)16(4)28-20)23-12-8-9-17-10-11-18(26-5)19(13-17)27-7-2;/h10-11,13H,6-9,12,14H2,1-5H3,(H2,22,23,24);1H. The molecule has 0 spiro atoms. The van der Waals surface area contributed by atoms with E-state index in [-0.39, 0.29) is 24.0 Å². The molecule has 0 aliphatic rings. The van der Waals surface area contributed by atoms with Crippen LogP contribution in [0.2, 0.25) is 0 Å². The van der Waals surface area contributed by atoms with Crippen LogP contribution in [0.15, 0.2) is 27.6 Å². The van der Waals surface area contributed by atoms with Gasteiger partial charge in [-0.25, -0.2) is 9.98 Å². The van der Waals surface area contributed by atoms with Gasteiger partial charge in [-0.15, -0.1) is 24.0 Å². The number of halogens is 1. The van der Waals surface area contributed by atoms with E-state index >= 15 is 0 Å². The molecule has 0 aliphatic heterocycles. The molecule has 0 atom stereocenters. The van der Waals surface area contributed by atoms with Crippen molar-refractivity contribution in [3.8, 4) is 11.5 Å². The first-order chi connectivity index (χ1) is 13.6. The maximum atomic E-state index is 5.64. The summed E-state index contributed by atoms with van der Waals surface area (Å²) >= 11 is 0. The van der Waals surface area contributed by atoms with Crippen molar-refractivity contribution in [2.75, 3.05) is 26.8 Å². The number of ether oxygens (including phenoxy) is 2. The summed E-state index contributed by atoms with van der Waals surface area (Å²) in [6, 6.07) is 6.09. The molecule has 0 radical (unpaired) electrons. The predicted molar refractivity (Wildman–Crippen MR) is 127 cm³/mol. The summed E-state index contributed by atoms with van der Waals surface area (Å²) in [7, 11) is 1.66. The zero-order chi connectivity index (χ0) is 20.4. The number of hydrogen-bond donors (Lipinski definition) is 2. The minimum Gasteiger partial charge on any atom is -0.493 e. The van der Waals surface area contributed by atoms with Crippen molar-refractivity contribution < 1.29 is 13.9 Å².